The summed E-state index contributed by atoms with van der Waals surface area (Å²) in [7, 11) is 0. The summed E-state index contributed by atoms with van der Waals surface area (Å²) in [6.07, 6.45) is 2.50. The molecule has 4 rings (SSSR count). The molecule has 0 N–H and O–H groups in total. The van der Waals surface area contributed by atoms with Gasteiger partial charge in [0.25, 0.3) is 0 Å². The lowest BCUT2D eigenvalue weighted by molar-refractivity contribution is 1.01. The van der Waals surface area contributed by atoms with Crippen molar-refractivity contribution < 1.29 is 0 Å². The minimum Gasteiger partial charge on any atom is -0.288 e. The summed E-state index contributed by atoms with van der Waals surface area (Å²) in [5.74, 6) is 0. The summed E-state index contributed by atoms with van der Waals surface area (Å²) >= 11 is 12.5. The molecule has 1 aromatic heterocycles. The van der Waals surface area contributed by atoms with Crippen LogP contribution in [0, 0.1) is 6.92 Å². The number of imidazole rings is 1. The normalized spacial score (nSPS) is 11.2. The minimum absolute atomic E-state index is 0.319. The molecule has 0 saturated heterocycles. The number of rotatable bonds is 3. The first-order chi connectivity index (χ1) is 12.1. The molecular formula is C21H16Cl2N2. The maximum absolute atomic E-state index is 6.41. The van der Waals surface area contributed by atoms with E-state index < -0.39 is 0 Å². The number of aryl methyl sites for hydroxylation is 1. The molecular weight excluding hydrogens is 351 g/mol. The molecule has 0 spiro atoms. The molecule has 0 unspecified atom stereocenters. The highest BCUT2D eigenvalue weighted by molar-refractivity contribution is 6.40. The number of hydrogen-bond donors (Lipinski definition) is 0. The van der Waals surface area contributed by atoms with Crippen LogP contribution in [0.4, 0.5) is 0 Å². The second-order valence-corrected chi connectivity index (χ2v) is 6.82. The maximum Gasteiger partial charge on any atom is 0.166 e. The largest absolute Gasteiger partial charge is 0.288 e. The molecule has 0 fully saturated rings. The van der Waals surface area contributed by atoms with Gasteiger partial charge < -0.3 is 0 Å². The topological polar surface area (TPSA) is 17.8 Å². The van der Waals surface area contributed by atoms with Crippen LogP contribution in [0.15, 0.2) is 67.0 Å². The molecule has 2 nitrogen and oxygen atoms in total. The Morgan fingerprint density at radius 2 is 1.68 bits per heavy atom. The first-order valence-corrected chi connectivity index (χ1v) is 8.84. The van der Waals surface area contributed by atoms with Gasteiger partial charge in [-0.25, -0.2) is 4.98 Å². The van der Waals surface area contributed by atoms with Gasteiger partial charge in [-0.05, 0) is 40.5 Å². The van der Waals surface area contributed by atoms with Gasteiger partial charge in [-0.2, -0.15) is 0 Å². The van der Waals surface area contributed by atoms with Crippen molar-refractivity contribution in [1.82, 2.24) is 9.55 Å². The van der Waals surface area contributed by atoms with Gasteiger partial charge in [0.2, 0.25) is 0 Å². The molecule has 0 aliphatic heterocycles. The molecule has 25 heavy (non-hydrogen) atoms. The molecule has 4 heteroatoms. The monoisotopic (exact) mass is 366 g/mol. The maximum atomic E-state index is 6.41. The number of benzene rings is 3. The zero-order valence-electron chi connectivity index (χ0n) is 13.7. The van der Waals surface area contributed by atoms with E-state index in [-0.39, 0.29) is 0 Å². The average molecular weight is 367 g/mol. The molecule has 0 saturated carbocycles. The number of nitrogens with zero attached hydrogens (tertiary/aromatic N) is 2. The molecule has 0 amide bonds. The van der Waals surface area contributed by atoms with Gasteiger partial charge in [0.1, 0.15) is 6.33 Å². The number of halogens is 2. The Bertz CT molecular complexity index is 1050. The van der Waals surface area contributed by atoms with Crippen molar-refractivity contribution in [3.05, 3.63) is 94.0 Å². The number of fused-ring (bicyclic) bond motifs is 1. The molecule has 0 atom stereocenters. The van der Waals surface area contributed by atoms with E-state index in [1.807, 2.05) is 10.6 Å². The molecule has 0 bridgehead atoms. The number of hydrogen-bond acceptors (Lipinski definition) is 1. The predicted molar refractivity (Wildman–Crippen MR) is 105 cm³/mol. The summed E-state index contributed by atoms with van der Waals surface area (Å²) < 4.78 is 1.88. The quantitative estimate of drug-likeness (QED) is 0.420. The summed E-state index contributed by atoms with van der Waals surface area (Å²) in [5.41, 5.74) is 4.66. The molecule has 124 valence electrons. The first-order valence-electron chi connectivity index (χ1n) is 8.09. The van der Waals surface area contributed by atoms with E-state index >= 15 is 0 Å². The van der Waals surface area contributed by atoms with Crippen molar-refractivity contribution >= 4 is 34.0 Å². The lowest BCUT2D eigenvalue weighted by atomic mass is 9.94. The van der Waals surface area contributed by atoms with Crippen molar-refractivity contribution in [1.29, 1.82) is 0 Å². The Morgan fingerprint density at radius 3 is 2.40 bits per heavy atom. The molecule has 3 aromatic carbocycles. The summed E-state index contributed by atoms with van der Waals surface area (Å²) in [5, 5.41) is 3.19. The van der Waals surface area contributed by atoms with Crippen LogP contribution >= 0.6 is 23.2 Å². The Hall–Kier alpha value is -2.29. The van der Waals surface area contributed by atoms with Crippen LogP contribution in [-0.4, -0.2) is 9.55 Å². The van der Waals surface area contributed by atoms with E-state index in [2.05, 4.69) is 66.5 Å². The van der Waals surface area contributed by atoms with E-state index in [0.717, 1.165) is 17.7 Å². The Balaban J connectivity index is 2.02. The van der Waals surface area contributed by atoms with Crippen molar-refractivity contribution in [2.75, 3.05) is 0 Å². The predicted octanol–water partition coefficient (Wildman–Crippen LogP) is 6.23. The van der Waals surface area contributed by atoms with E-state index in [1.165, 1.54) is 21.9 Å². The van der Waals surface area contributed by atoms with Gasteiger partial charge >= 0.3 is 0 Å². The molecule has 4 aromatic rings. The van der Waals surface area contributed by atoms with Crippen molar-refractivity contribution in [3.63, 3.8) is 0 Å². The highest BCUT2D eigenvalue weighted by Crippen LogP contribution is 2.34. The fourth-order valence-electron chi connectivity index (χ4n) is 3.35. The first kappa shape index (κ1) is 16.2. The molecule has 1 heterocycles. The fourth-order valence-corrected chi connectivity index (χ4v) is 3.66. The van der Waals surface area contributed by atoms with Crippen LogP contribution in [0.25, 0.3) is 16.5 Å². The zero-order valence-corrected chi connectivity index (χ0v) is 15.2. The summed E-state index contributed by atoms with van der Waals surface area (Å²) in [6, 6.07) is 21.1. The Labute approximate surface area is 156 Å². The third-order valence-corrected chi connectivity index (χ3v) is 5.18. The van der Waals surface area contributed by atoms with Gasteiger partial charge in [-0.1, -0.05) is 77.8 Å². The highest BCUT2D eigenvalue weighted by atomic mass is 35.5. The Morgan fingerprint density at radius 1 is 0.960 bits per heavy atom. The lowest BCUT2D eigenvalue weighted by Gasteiger charge is -2.18. The van der Waals surface area contributed by atoms with Crippen LogP contribution in [0.3, 0.4) is 0 Å². The highest BCUT2D eigenvalue weighted by Gasteiger charge is 2.17. The van der Waals surface area contributed by atoms with Crippen LogP contribution < -0.4 is 0 Å². The smallest absolute Gasteiger partial charge is 0.166 e. The summed E-state index contributed by atoms with van der Waals surface area (Å²) in [6.45, 7) is 2.10. The van der Waals surface area contributed by atoms with Crippen LogP contribution in [-0.2, 0) is 6.42 Å². The van der Waals surface area contributed by atoms with Gasteiger partial charge in [0.15, 0.2) is 10.3 Å². The van der Waals surface area contributed by atoms with Crippen molar-refractivity contribution in [3.8, 4) is 5.69 Å². The molecule has 0 radical (unpaired) electrons. The molecule has 0 aliphatic carbocycles. The van der Waals surface area contributed by atoms with Crippen LogP contribution in [0.5, 0.6) is 0 Å². The second-order valence-electron chi connectivity index (χ2n) is 6.10. The average Bonchev–Trinajstić information content (AvgIpc) is 2.95. The number of aromatic nitrogens is 2. The van der Waals surface area contributed by atoms with E-state index in [0.29, 0.717) is 10.3 Å². The van der Waals surface area contributed by atoms with E-state index in [1.54, 1.807) is 6.33 Å². The Kier molecular flexibility index (Phi) is 4.24. The third-order valence-electron chi connectivity index (χ3n) is 4.45. The lowest BCUT2D eigenvalue weighted by Crippen LogP contribution is -2.04. The zero-order chi connectivity index (χ0) is 17.4. The van der Waals surface area contributed by atoms with Crippen LogP contribution in [0.2, 0.25) is 10.3 Å². The van der Waals surface area contributed by atoms with Gasteiger partial charge in [-0.3, -0.25) is 4.57 Å². The van der Waals surface area contributed by atoms with E-state index in [4.69, 9.17) is 23.2 Å². The van der Waals surface area contributed by atoms with E-state index in [9.17, 15) is 0 Å². The van der Waals surface area contributed by atoms with Crippen molar-refractivity contribution in [2.45, 2.75) is 13.3 Å². The van der Waals surface area contributed by atoms with Gasteiger partial charge in [0.05, 0.1) is 5.69 Å². The fraction of sp³-hybridized carbons (Fsp3) is 0.0952. The second kappa shape index (κ2) is 6.55. The SMILES string of the molecule is Cc1cc2ccccc2c(Cc2ccccc2)c1-n1cnc(Cl)c1Cl. The van der Waals surface area contributed by atoms with Crippen molar-refractivity contribution in [2.24, 2.45) is 0 Å². The van der Waals surface area contributed by atoms with Crippen LogP contribution in [0.1, 0.15) is 16.7 Å². The van der Waals surface area contributed by atoms with Gasteiger partial charge in [0, 0.05) is 6.42 Å². The standard InChI is InChI=1S/C21H16Cl2N2/c1-14-11-16-9-5-6-10-17(16)18(12-15-7-3-2-4-8-15)19(14)25-13-24-20(22)21(25)23/h2-11,13H,12H2,1H3. The third kappa shape index (κ3) is 2.92. The summed E-state index contributed by atoms with van der Waals surface area (Å²) in [4.78, 5) is 4.16. The molecule has 0 aliphatic rings. The van der Waals surface area contributed by atoms with Gasteiger partial charge in [-0.15, -0.1) is 0 Å². The minimum atomic E-state index is 0.319.